The Labute approximate surface area is 120 Å². The van der Waals surface area contributed by atoms with Gasteiger partial charge in [-0.2, -0.15) is 0 Å². The monoisotopic (exact) mass is 322 g/mol. The Kier molecular flexibility index (Phi) is 3.28. The van der Waals surface area contributed by atoms with Gasteiger partial charge in [0, 0.05) is 18.7 Å². The van der Waals surface area contributed by atoms with Gasteiger partial charge in [0.05, 0.1) is 17.6 Å². The van der Waals surface area contributed by atoms with E-state index in [2.05, 4.69) is 42.9 Å². The van der Waals surface area contributed by atoms with E-state index in [1.54, 1.807) is 7.11 Å². The lowest BCUT2D eigenvalue weighted by molar-refractivity contribution is 0.412. The Morgan fingerprint density at radius 3 is 3.00 bits per heavy atom. The summed E-state index contributed by atoms with van der Waals surface area (Å²) in [6.45, 7) is 3.94. The molecule has 0 saturated carbocycles. The van der Waals surface area contributed by atoms with Crippen LogP contribution in [0.3, 0.4) is 0 Å². The molecule has 1 aromatic carbocycles. The van der Waals surface area contributed by atoms with E-state index in [0.29, 0.717) is 0 Å². The first kappa shape index (κ1) is 12.6. The minimum absolute atomic E-state index is 0.247. The molecule has 5 nitrogen and oxygen atoms in total. The van der Waals surface area contributed by atoms with Crippen LogP contribution in [0.4, 0.5) is 0 Å². The van der Waals surface area contributed by atoms with Crippen LogP contribution in [0.1, 0.15) is 18.8 Å². The van der Waals surface area contributed by atoms with Crippen molar-refractivity contribution in [1.29, 1.82) is 0 Å². The molecule has 0 fully saturated rings. The summed E-state index contributed by atoms with van der Waals surface area (Å²) in [5.74, 6) is 2.72. The van der Waals surface area contributed by atoms with Crippen LogP contribution in [0.15, 0.2) is 22.7 Å². The molecule has 0 radical (unpaired) electrons. The second-order valence-corrected chi connectivity index (χ2v) is 5.41. The normalized spacial score (nSPS) is 18.2. The van der Waals surface area contributed by atoms with Gasteiger partial charge in [0.1, 0.15) is 11.6 Å². The van der Waals surface area contributed by atoms with Gasteiger partial charge >= 0.3 is 0 Å². The number of fused-ring (bicyclic) bond motifs is 1. The van der Waals surface area contributed by atoms with E-state index in [-0.39, 0.29) is 6.04 Å². The molecular weight excluding hydrogens is 308 g/mol. The van der Waals surface area contributed by atoms with E-state index in [1.165, 1.54) is 0 Å². The second-order valence-electron chi connectivity index (χ2n) is 4.56. The summed E-state index contributed by atoms with van der Waals surface area (Å²) in [6, 6.07) is 6.21. The Morgan fingerprint density at radius 1 is 1.42 bits per heavy atom. The molecule has 1 aliphatic heterocycles. The highest BCUT2D eigenvalue weighted by atomic mass is 79.9. The van der Waals surface area contributed by atoms with Crippen molar-refractivity contribution in [3.8, 4) is 17.1 Å². The molecule has 1 unspecified atom stereocenters. The predicted molar refractivity (Wildman–Crippen MR) is 76.1 cm³/mol. The summed E-state index contributed by atoms with van der Waals surface area (Å²) in [5.41, 5.74) is 1.04. The number of benzene rings is 1. The molecule has 19 heavy (non-hydrogen) atoms. The highest BCUT2D eigenvalue weighted by Gasteiger charge is 2.22. The van der Waals surface area contributed by atoms with Gasteiger partial charge in [-0.1, -0.05) is 0 Å². The van der Waals surface area contributed by atoms with Crippen molar-refractivity contribution >= 4 is 15.9 Å². The van der Waals surface area contributed by atoms with E-state index < -0.39 is 0 Å². The van der Waals surface area contributed by atoms with Crippen LogP contribution in [-0.4, -0.2) is 28.4 Å². The summed E-state index contributed by atoms with van der Waals surface area (Å²) in [6.07, 6.45) is 0. The van der Waals surface area contributed by atoms with E-state index in [0.717, 1.165) is 40.5 Å². The largest absolute Gasteiger partial charge is 0.496 e. The van der Waals surface area contributed by atoms with Gasteiger partial charge < -0.3 is 14.6 Å². The molecule has 100 valence electrons. The quantitative estimate of drug-likeness (QED) is 0.922. The molecule has 6 heteroatoms. The fourth-order valence-electron chi connectivity index (χ4n) is 2.36. The fraction of sp³-hybridized carbons (Fsp3) is 0.385. The maximum absolute atomic E-state index is 5.25. The summed E-state index contributed by atoms with van der Waals surface area (Å²) in [4.78, 5) is 0. The number of rotatable bonds is 2. The zero-order valence-corrected chi connectivity index (χ0v) is 12.4. The van der Waals surface area contributed by atoms with Crippen LogP contribution in [0.25, 0.3) is 11.4 Å². The van der Waals surface area contributed by atoms with Crippen LogP contribution in [0.2, 0.25) is 0 Å². The van der Waals surface area contributed by atoms with Crippen molar-refractivity contribution in [3.05, 3.63) is 28.5 Å². The lowest BCUT2D eigenvalue weighted by Crippen LogP contribution is -2.32. The predicted octanol–water partition coefficient (Wildman–Crippen LogP) is 2.38. The van der Waals surface area contributed by atoms with Gasteiger partial charge in [-0.3, -0.25) is 0 Å². The minimum Gasteiger partial charge on any atom is -0.496 e. The maximum Gasteiger partial charge on any atom is 0.164 e. The molecule has 1 N–H and O–H groups in total. The number of halogens is 1. The molecule has 3 rings (SSSR count). The first-order chi connectivity index (χ1) is 9.20. The number of methoxy groups -OCH3 is 1. The number of nitrogens with one attached hydrogen (secondary N) is 1. The molecule has 2 heterocycles. The van der Waals surface area contributed by atoms with Gasteiger partial charge in [0.15, 0.2) is 5.82 Å². The average molecular weight is 323 g/mol. The molecule has 0 aliphatic carbocycles. The van der Waals surface area contributed by atoms with Crippen molar-refractivity contribution in [2.45, 2.75) is 19.5 Å². The third kappa shape index (κ3) is 2.15. The topological polar surface area (TPSA) is 52.0 Å². The van der Waals surface area contributed by atoms with E-state index >= 15 is 0 Å². The van der Waals surface area contributed by atoms with Crippen molar-refractivity contribution in [2.24, 2.45) is 0 Å². The number of nitrogens with zero attached hydrogens (tertiary/aromatic N) is 3. The van der Waals surface area contributed by atoms with E-state index in [9.17, 15) is 0 Å². The highest BCUT2D eigenvalue weighted by molar-refractivity contribution is 9.10. The first-order valence-corrected chi connectivity index (χ1v) is 7.00. The second kappa shape index (κ2) is 4.94. The minimum atomic E-state index is 0.247. The van der Waals surface area contributed by atoms with Crippen molar-refractivity contribution in [1.82, 2.24) is 20.1 Å². The fourth-order valence-corrected chi connectivity index (χ4v) is 2.90. The third-order valence-electron chi connectivity index (χ3n) is 3.36. The zero-order valence-electron chi connectivity index (χ0n) is 10.9. The molecule has 1 atom stereocenters. The van der Waals surface area contributed by atoms with Crippen molar-refractivity contribution < 1.29 is 4.74 Å². The summed E-state index contributed by atoms with van der Waals surface area (Å²) in [5, 5.41) is 12.0. The molecule has 2 aromatic rings. The molecular formula is C13H15BrN4O. The van der Waals surface area contributed by atoms with Crippen LogP contribution in [0.5, 0.6) is 5.75 Å². The number of hydrogen-bond donors (Lipinski definition) is 1. The standard InChI is InChI=1S/C13H15BrN4O/c1-8-12-16-17-13(18(12)6-5-15-8)9-3-4-11(19-2)10(14)7-9/h3-4,7-8,15H,5-6H2,1-2H3. The first-order valence-electron chi connectivity index (χ1n) is 6.21. The van der Waals surface area contributed by atoms with Gasteiger partial charge in [-0.15, -0.1) is 10.2 Å². The maximum atomic E-state index is 5.25. The number of ether oxygens (including phenoxy) is 1. The zero-order chi connectivity index (χ0) is 13.4. The number of hydrogen-bond acceptors (Lipinski definition) is 4. The lowest BCUT2D eigenvalue weighted by Gasteiger charge is -2.22. The van der Waals surface area contributed by atoms with Crippen molar-refractivity contribution in [2.75, 3.05) is 13.7 Å². The summed E-state index contributed by atoms with van der Waals surface area (Å²) >= 11 is 3.51. The lowest BCUT2D eigenvalue weighted by atomic mass is 10.2. The molecule has 0 bridgehead atoms. The number of aromatic nitrogens is 3. The summed E-state index contributed by atoms with van der Waals surface area (Å²) < 4.78 is 8.35. The SMILES string of the molecule is COc1ccc(-c2nnc3n2CCNC3C)cc1Br. The average Bonchev–Trinajstić information content (AvgIpc) is 2.84. The van der Waals surface area contributed by atoms with Crippen molar-refractivity contribution in [3.63, 3.8) is 0 Å². The van der Waals surface area contributed by atoms with Crippen LogP contribution >= 0.6 is 15.9 Å². The van der Waals surface area contributed by atoms with Gasteiger partial charge in [-0.05, 0) is 41.1 Å². The Bertz CT molecular complexity index is 611. The van der Waals surface area contributed by atoms with Crippen LogP contribution in [0, 0.1) is 0 Å². The smallest absolute Gasteiger partial charge is 0.164 e. The molecule has 0 saturated heterocycles. The molecule has 0 amide bonds. The van der Waals surface area contributed by atoms with E-state index in [1.807, 2.05) is 18.2 Å². The molecule has 1 aliphatic rings. The van der Waals surface area contributed by atoms with Crippen LogP contribution < -0.4 is 10.1 Å². The van der Waals surface area contributed by atoms with Gasteiger partial charge in [0.2, 0.25) is 0 Å². The molecule has 0 spiro atoms. The third-order valence-corrected chi connectivity index (χ3v) is 3.98. The van der Waals surface area contributed by atoms with Gasteiger partial charge in [0.25, 0.3) is 0 Å². The highest BCUT2D eigenvalue weighted by Crippen LogP contribution is 2.31. The summed E-state index contributed by atoms with van der Waals surface area (Å²) in [7, 11) is 1.66. The van der Waals surface area contributed by atoms with Crippen LogP contribution in [-0.2, 0) is 6.54 Å². The Morgan fingerprint density at radius 2 is 2.26 bits per heavy atom. The Balaban J connectivity index is 2.05. The molecule has 1 aromatic heterocycles. The van der Waals surface area contributed by atoms with Gasteiger partial charge in [-0.25, -0.2) is 0 Å². The Hall–Kier alpha value is -1.40. The van der Waals surface area contributed by atoms with E-state index in [4.69, 9.17) is 4.74 Å².